The number of unbranched alkanes of at least 4 members (excludes halogenated alkanes) is 8. The zero-order valence-electron chi connectivity index (χ0n) is 26.1. The smallest absolute Gasteiger partial charge is 0.416 e. The van der Waals surface area contributed by atoms with Crippen LogP contribution in [0.25, 0.3) is 0 Å². The molecule has 1 saturated heterocycles. The van der Waals surface area contributed by atoms with Crippen LogP contribution in [0.5, 0.6) is 0 Å². The van der Waals surface area contributed by atoms with E-state index in [1.165, 1.54) is 68.8 Å². The predicted octanol–water partition coefficient (Wildman–Crippen LogP) is 9.20. The molecule has 2 aliphatic heterocycles. The highest BCUT2D eigenvalue weighted by molar-refractivity contribution is 7.99. The number of piperazine rings is 1. The lowest BCUT2D eigenvalue weighted by molar-refractivity contribution is -0.144. The standard InChI is InChI=1S/C34H48F3N3O2S.ClH/c1-2-3-4-5-6-7-8-9-10-16-33(41)42-26-25-39-23-21-38(22-24-39)19-13-20-40-29-14-11-12-15-31(29)43-32-18-17-28(27-30(32)40)34(35,36)37;/h11-12,14-15,17-18,27H,2-10,13,16,19-26H2,1H3;1H. The number of ether oxygens (including phenoxy) is 1. The Morgan fingerprint density at radius 1 is 0.773 bits per heavy atom. The van der Waals surface area contributed by atoms with Crippen LogP contribution >= 0.6 is 24.2 Å². The van der Waals surface area contributed by atoms with Crippen LogP contribution in [0, 0.1) is 0 Å². The van der Waals surface area contributed by atoms with Gasteiger partial charge in [0, 0.05) is 55.5 Å². The van der Waals surface area contributed by atoms with E-state index in [-0.39, 0.29) is 18.4 Å². The van der Waals surface area contributed by atoms with Gasteiger partial charge in [-0.25, -0.2) is 0 Å². The Morgan fingerprint density at radius 3 is 2.07 bits per heavy atom. The summed E-state index contributed by atoms with van der Waals surface area (Å²) in [6, 6.07) is 12.0. The molecule has 10 heteroatoms. The lowest BCUT2D eigenvalue weighted by Crippen LogP contribution is -2.47. The third-order valence-corrected chi connectivity index (χ3v) is 9.56. The molecule has 0 saturated carbocycles. The van der Waals surface area contributed by atoms with E-state index in [1.807, 2.05) is 24.3 Å². The zero-order chi connectivity index (χ0) is 30.5. The Morgan fingerprint density at radius 2 is 1.39 bits per heavy atom. The van der Waals surface area contributed by atoms with E-state index in [0.717, 1.165) is 74.0 Å². The summed E-state index contributed by atoms with van der Waals surface area (Å²) in [4.78, 5) is 20.8. The van der Waals surface area contributed by atoms with Crippen LogP contribution in [0.4, 0.5) is 24.5 Å². The molecule has 0 bridgehead atoms. The van der Waals surface area contributed by atoms with Crippen molar-refractivity contribution in [2.24, 2.45) is 0 Å². The first-order valence-electron chi connectivity index (χ1n) is 16.2. The van der Waals surface area contributed by atoms with Crippen molar-refractivity contribution >= 4 is 41.5 Å². The maximum absolute atomic E-state index is 13.5. The van der Waals surface area contributed by atoms with Crippen LogP contribution in [0.2, 0.25) is 0 Å². The van der Waals surface area contributed by atoms with Crippen molar-refractivity contribution in [1.29, 1.82) is 0 Å². The summed E-state index contributed by atoms with van der Waals surface area (Å²) in [5.74, 6) is -0.0804. The zero-order valence-corrected chi connectivity index (χ0v) is 27.7. The van der Waals surface area contributed by atoms with E-state index in [0.29, 0.717) is 25.3 Å². The van der Waals surface area contributed by atoms with Crippen molar-refractivity contribution in [3.63, 3.8) is 0 Å². The Bertz CT molecular complexity index is 1140. The van der Waals surface area contributed by atoms with Gasteiger partial charge in [-0.15, -0.1) is 12.4 Å². The third-order valence-electron chi connectivity index (χ3n) is 8.43. The topological polar surface area (TPSA) is 36.0 Å². The number of nitrogens with zero attached hydrogens (tertiary/aromatic N) is 3. The number of anilines is 2. The molecule has 0 atom stereocenters. The third kappa shape index (κ3) is 11.5. The molecule has 0 aliphatic carbocycles. The van der Waals surface area contributed by atoms with Crippen LogP contribution < -0.4 is 4.90 Å². The van der Waals surface area contributed by atoms with Crippen molar-refractivity contribution in [3.8, 4) is 0 Å². The molecule has 0 spiro atoms. The second-order valence-electron chi connectivity index (χ2n) is 11.7. The maximum atomic E-state index is 13.5. The normalized spacial score (nSPS) is 15.4. The molecule has 2 aliphatic rings. The van der Waals surface area contributed by atoms with Gasteiger partial charge in [-0.05, 0) is 49.7 Å². The van der Waals surface area contributed by atoms with E-state index >= 15 is 0 Å². The number of hydrogen-bond acceptors (Lipinski definition) is 6. The minimum atomic E-state index is -4.37. The van der Waals surface area contributed by atoms with Crippen LogP contribution in [-0.2, 0) is 15.7 Å². The first-order valence-corrected chi connectivity index (χ1v) is 17.0. The summed E-state index contributed by atoms with van der Waals surface area (Å²) in [5.41, 5.74) is 0.994. The molecule has 0 aromatic heterocycles. The van der Waals surface area contributed by atoms with Gasteiger partial charge in [0.05, 0.1) is 16.9 Å². The summed E-state index contributed by atoms with van der Waals surface area (Å²) < 4.78 is 46.0. The molecule has 5 nitrogen and oxygen atoms in total. The number of halogens is 4. The van der Waals surface area contributed by atoms with Crippen LogP contribution in [0.15, 0.2) is 52.3 Å². The van der Waals surface area contributed by atoms with Gasteiger partial charge in [0.2, 0.25) is 0 Å². The molecule has 2 heterocycles. The molecule has 0 N–H and O–H groups in total. The Labute approximate surface area is 272 Å². The SMILES string of the molecule is CCCCCCCCCCCC(=O)OCCN1CCN(CCCN2c3ccccc3Sc3ccc(C(F)(F)F)cc32)CC1.Cl. The largest absolute Gasteiger partial charge is 0.464 e. The highest BCUT2D eigenvalue weighted by Gasteiger charge is 2.33. The molecule has 4 rings (SSSR count). The van der Waals surface area contributed by atoms with Crippen molar-refractivity contribution < 1.29 is 22.7 Å². The summed E-state index contributed by atoms with van der Waals surface area (Å²) >= 11 is 1.53. The summed E-state index contributed by atoms with van der Waals surface area (Å²) in [6.07, 6.45) is 8.12. The van der Waals surface area contributed by atoms with Crippen molar-refractivity contribution in [2.45, 2.75) is 93.5 Å². The molecular formula is C34H49ClF3N3O2S. The van der Waals surface area contributed by atoms with Gasteiger partial charge < -0.3 is 14.5 Å². The minimum Gasteiger partial charge on any atom is -0.464 e. The highest BCUT2D eigenvalue weighted by atomic mass is 35.5. The highest BCUT2D eigenvalue weighted by Crippen LogP contribution is 2.49. The van der Waals surface area contributed by atoms with E-state index in [1.54, 1.807) is 6.07 Å². The predicted molar refractivity (Wildman–Crippen MR) is 177 cm³/mol. The molecule has 2 aromatic rings. The first kappa shape index (κ1) is 36.5. The average molecular weight is 656 g/mol. The van der Waals surface area contributed by atoms with Crippen molar-refractivity contribution in [2.75, 3.05) is 57.3 Å². The Kier molecular flexibility index (Phi) is 15.7. The minimum absolute atomic E-state index is 0. The quantitative estimate of drug-likeness (QED) is 0.125. The second-order valence-corrected chi connectivity index (χ2v) is 12.8. The monoisotopic (exact) mass is 655 g/mol. The average Bonchev–Trinajstić information content (AvgIpc) is 3.00. The van der Waals surface area contributed by atoms with Gasteiger partial charge >= 0.3 is 12.1 Å². The summed E-state index contributed by atoms with van der Waals surface area (Å²) in [7, 11) is 0. The van der Waals surface area contributed by atoms with Crippen molar-refractivity contribution in [1.82, 2.24) is 9.80 Å². The summed E-state index contributed by atoms with van der Waals surface area (Å²) in [5, 5.41) is 0. The number of benzene rings is 2. The molecular weight excluding hydrogens is 607 g/mol. The fourth-order valence-electron chi connectivity index (χ4n) is 5.88. The first-order chi connectivity index (χ1) is 20.8. The van der Waals surface area contributed by atoms with Crippen molar-refractivity contribution in [3.05, 3.63) is 48.0 Å². The van der Waals surface area contributed by atoms with Crippen LogP contribution in [0.1, 0.15) is 83.1 Å². The number of carbonyl (C=O) groups is 1. The molecule has 1 fully saturated rings. The van der Waals surface area contributed by atoms with Gasteiger partial charge in [-0.3, -0.25) is 9.69 Å². The van der Waals surface area contributed by atoms with Gasteiger partial charge in [0.1, 0.15) is 6.61 Å². The number of rotatable bonds is 17. The Hall–Kier alpha value is -1.94. The van der Waals surface area contributed by atoms with Gasteiger partial charge in [0.25, 0.3) is 0 Å². The van der Waals surface area contributed by atoms with E-state index < -0.39 is 11.7 Å². The second kappa shape index (κ2) is 18.9. The molecule has 0 unspecified atom stereocenters. The molecule has 44 heavy (non-hydrogen) atoms. The number of carbonyl (C=O) groups excluding carboxylic acids is 1. The number of fused-ring (bicyclic) bond motifs is 2. The number of para-hydroxylation sites is 1. The van der Waals surface area contributed by atoms with E-state index in [4.69, 9.17) is 4.74 Å². The Balaban J connectivity index is 0.00000529. The van der Waals surface area contributed by atoms with Gasteiger partial charge in [-0.2, -0.15) is 13.2 Å². The van der Waals surface area contributed by atoms with Gasteiger partial charge in [0.15, 0.2) is 0 Å². The fourth-order valence-corrected chi connectivity index (χ4v) is 6.95. The number of alkyl halides is 3. The molecule has 2 aromatic carbocycles. The maximum Gasteiger partial charge on any atom is 0.416 e. The lowest BCUT2D eigenvalue weighted by atomic mass is 10.1. The fraction of sp³-hybridized carbons (Fsp3) is 0.618. The number of hydrogen-bond donors (Lipinski definition) is 0. The number of esters is 1. The molecule has 0 amide bonds. The van der Waals surface area contributed by atoms with Crippen LogP contribution in [-0.4, -0.2) is 68.2 Å². The molecule has 246 valence electrons. The van der Waals surface area contributed by atoms with Gasteiger partial charge in [-0.1, -0.05) is 82.2 Å². The lowest BCUT2D eigenvalue weighted by Gasteiger charge is -2.36. The summed E-state index contributed by atoms with van der Waals surface area (Å²) in [6.45, 7) is 8.72. The van der Waals surface area contributed by atoms with E-state index in [2.05, 4.69) is 21.6 Å². The van der Waals surface area contributed by atoms with Crippen LogP contribution in [0.3, 0.4) is 0 Å². The molecule has 0 radical (unpaired) electrons. The van der Waals surface area contributed by atoms with E-state index in [9.17, 15) is 18.0 Å².